The van der Waals surface area contributed by atoms with E-state index < -0.39 is 24.6 Å². The Morgan fingerprint density at radius 3 is 2.73 bits per heavy atom. The number of aryl methyl sites for hydroxylation is 1. The number of likely N-dealkylation sites (N-methyl/N-ethyl adjacent to an activating group) is 1. The maximum Gasteiger partial charge on any atom is 0.342 e. The number of para-hydroxylation sites is 2. The summed E-state index contributed by atoms with van der Waals surface area (Å²) in [6.45, 7) is 1.20. The molecule has 2 heterocycles. The monoisotopic (exact) mass is 358 g/mol. The molecule has 0 unspecified atom stereocenters. The number of carbonyl (C=O) groups is 3. The van der Waals surface area contributed by atoms with Crippen molar-refractivity contribution >= 4 is 23.5 Å². The molecule has 0 spiro atoms. The summed E-state index contributed by atoms with van der Waals surface area (Å²) in [6.07, 6.45) is 0.533. The lowest BCUT2D eigenvalue weighted by atomic mass is 10.1. The third kappa shape index (κ3) is 3.39. The minimum absolute atomic E-state index is 0.0256. The van der Waals surface area contributed by atoms with E-state index in [1.807, 2.05) is 0 Å². The van der Waals surface area contributed by atoms with Gasteiger partial charge in [0.05, 0.1) is 18.5 Å². The van der Waals surface area contributed by atoms with Crippen molar-refractivity contribution in [3.05, 3.63) is 47.9 Å². The maximum absolute atomic E-state index is 12.6. The van der Waals surface area contributed by atoms with Gasteiger partial charge in [-0.05, 0) is 25.1 Å². The normalized spacial score (nSPS) is 15.6. The Kier molecular flexibility index (Phi) is 4.92. The molecule has 2 aromatic rings. The van der Waals surface area contributed by atoms with Crippen LogP contribution in [0, 0.1) is 6.92 Å². The molecule has 1 aromatic carbocycles. The summed E-state index contributed by atoms with van der Waals surface area (Å²) >= 11 is 0. The summed E-state index contributed by atoms with van der Waals surface area (Å²) in [7, 11) is 1.49. The molecule has 8 nitrogen and oxygen atoms in total. The van der Waals surface area contributed by atoms with Crippen LogP contribution in [0.25, 0.3) is 0 Å². The molecule has 1 aliphatic heterocycles. The predicted octanol–water partition coefficient (Wildman–Crippen LogP) is 1.29. The zero-order valence-corrected chi connectivity index (χ0v) is 14.4. The first kappa shape index (κ1) is 17.5. The molecular formula is C18H18N2O6. The molecule has 0 saturated carbocycles. The fourth-order valence-corrected chi connectivity index (χ4v) is 2.65. The van der Waals surface area contributed by atoms with Crippen molar-refractivity contribution in [3.63, 3.8) is 0 Å². The Morgan fingerprint density at radius 1 is 1.27 bits per heavy atom. The summed E-state index contributed by atoms with van der Waals surface area (Å²) in [5, 5.41) is 2.50. The number of amides is 2. The average Bonchev–Trinajstić information content (AvgIpc) is 3.10. The fourth-order valence-electron chi connectivity index (χ4n) is 2.65. The van der Waals surface area contributed by atoms with Crippen LogP contribution in [-0.4, -0.2) is 44.1 Å². The average molecular weight is 358 g/mol. The number of carbonyl (C=O) groups excluding carboxylic acids is 3. The van der Waals surface area contributed by atoms with Crippen LogP contribution in [0.3, 0.4) is 0 Å². The van der Waals surface area contributed by atoms with E-state index in [-0.39, 0.29) is 18.0 Å². The predicted molar refractivity (Wildman–Crippen MR) is 91.0 cm³/mol. The topological polar surface area (TPSA) is 98.1 Å². The first-order valence-electron chi connectivity index (χ1n) is 8.00. The smallest absolute Gasteiger partial charge is 0.342 e. The lowest BCUT2D eigenvalue weighted by Crippen LogP contribution is -2.51. The number of hydrogen-bond acceptors (Lipinski definition) is 6. The minimum Gasteiger partial charge on any atom is -0.477 e. The first-order valence-corrected chi connectivity index (χ1v) is 8.00. The molecule has 1 aromatic heterocycles. The second-order valence-electron chi connectivity index (χ2n) is 5.66. The van der Waals surface area contributed by atoms with E-state index in [1.165, 1.54) is 24.3 Å². The number of hydrogen-bond donors (Lipinski definition) is 1. The van der Waals surface area contributed by atoms with E-state index in [4.69, 9.17) is 13.9 Å². The number of anilines is 1. The third-order valence-electron chi connectivity index (χ3n) is 4.02. The standard InChI is InChI=1S/C18H18N2O6/c1-11-12(7-8-24-11)18(23)25-10-16(21)20-9-15(17(22)19-2)26-14-6-4-3-5-13(14)20/h3-8,15H,9-10H2,1-2H3,(H,19,22)/t15-/m0/s1. The van der Waals surface area contributed by atoms with Gasteiger partial charge in [-0.1, -0.05) is 12.1 Å². The molecule has 0 aliphatic carbocycles. The summed E-state index contributed by atoms with van der Waals surface area (Å²) in [5.74, 6) is -0.613. The van der Waals surface area contributed by atoms with Gasteiger partial charge in [0, 0.05) is 7.05 Å². The van der Waals surface area contributed by atoms with Crippen LogP contribution in [0.15, 0.2) is 41.0 Å². The third-order valence-corrected chi connectivity index (χ3v) is 4.02. The molecule has 3 rings (SSSR count). The Bertz CT molecular complexity index is 844. The quantitative estimate of drug-likeness (QED) is 0.827. The van der Waals surface area contributed by atoms with Gasteiger partial charge in [0.25, 0.3) is 11.8 Å². The van der Waals surface area contributed by atoms with Crippen molar-refractivity contribution in [3.8, 4) is 5.75 Å². The lowest BCUT2D eigenvalue weighted by molar-refractivity contribution is -0.128. The van der Waals surface area contributed by atoms with Crippen LogP contribution in [0.2, 0.25) is 0 Å². The van der Waals surface area contributed by atoms with Crippen molar-refractivity contribution in [1.82, 2.24) is 5.32 Å². The molecule has 0 bridgehead atoms. The van der Waals surface area contributed by atoms with Gasteiger partial charge in [-0.15, -0.1) is 0 Å². The molecule has 0 fully saturated rings. The van der Waals surface area contributed by atoms with Crippen LogP contribution in [0.1, 0.15) is 16.1 Å². The lowest BCUT2D eigenvalue weighted by Gasteiger charge is -2.33. The highest BCUT2D eigenvalue weighted by molar-refractivity contribution is 5.99. The van der Waals surface area contributed by atoms with Crippen molar-refractivity contribution < 1.29 is 28.3 Å². The number of rotatable bonds is 4. The Labute approximate surface area is 149 Å². The van der Waals surface area contributed by atoms with E-state index in [0.29, 0.717) is 17.2 Å². The number of nitrogens with zero attached hydrogens (tertiary/aromatic N) is 1. The fraction of sp³-hybridized carbons (Fsp3) is 0.278. The van der Waals surface area contributed by atoms with Crippen molar-refractivity contribution in [2.45, 2.75) is 13.0 Å². The summed E-state index contributed by atoms with van der Waals surface area (Å²) in [6, 6.07) is 8.35. The minimum atomic E-state index is -0.842. The highest BCUT2D eigenvalue weighted by Crippen LogP contribution is 2.33. The second-order valence-corrected chi connectivity index (χ2v) is 5.66. The molecular weight excluding hydrogens is 340 g/mol. The van der Waals surface area contributed by atoms with Gasteiger partial charge in [0.1, 0.15) is 17.1 Å². The SMILES string of the molecule is CNC(=O)[C@@H]1CN(C(=O)COC(=O)c2ccoc2C)c2ccccc2O1. The van der Waals surface area contributed by atoms with Gasteiger partial charge >= 0.3 is 5.97 Å². The zero-order valence-electron chi connectivity index (χ0n) is 14.4. The first-order chi connectivity index (χ1) is 12.5. The van der Waals surface area contributed by atoms with Gasteiger partial charge in [-0.3, -0.25) is 9.59 Å². The van der Waals surface area contributed by atoms with E-state index in [1.54, 1.807) is 31.2 Å². The van der Waals surface area contributed by atoms with Gasteiger partial charge in [0.15, 0.2) is 12.7 Å². The highest BCUT2D eigenvalue weighted by Gasteiger charge is 2.33. The van der Waals surface area contributed by atoms with E-state index >= 15 is 0 Å². The number of esters is 1. The molecule has 0 saturated heterocycles. The number of fused-ring (bicyclic) bond motifs is 1. The van der Waals surface area contributed by atoms with Gasteiger partial charge in [-0.2, -0.15) is 0 Å². The van der Waals surface area contributed by atoms with Crippen LogP contribution in [0.4, 0.5) is 5.69 Å². The Balaban J connectivity index is 1.74. The van der Waals surface area contributed by atoms with Crippen molar-refractivity contribution in [1.29, 1.82) is 0 Å². The van der Waals surface area contributed by atoms with E-state index in [0.717, 1.165) is 0 Å². The van der Waals surface area contributed by atoms with Crippen LogP contribution in [0.5, 0.6) is 5.75 Å². The molecule has 1 aliphatic rings. The molecule has 136 valence electrons. The molecule has 2 amide bonds. The highest BCUT2D eigenvalue weighted by atomic mass is 16.5. The van der Waals surface area contributed by atoms with Gasteiger partial charge < -0.3 is 24.1 Å². The number of ether oxygens (including phenoxy) is 2. The van der Waals surface area contributed by atoms with Gasteiger partial charge in [-0.25, -0.2) is 4.79 Å². The summed E-state index contributed by atoms with van der Waals surface area (Å²) in [4.78, 5) is 38.0. The number of benzene rings is 1. The van der Waals surface area contributed by atoms with E-state index in [9.17, 15) is 14.4 Å². The number of nitrogens with one attached hydrogen (secondary N) is 1. The van der Waals surface area contributed by atoms with Crippen molar-refractivity contribution in [2.75, 3.05) is 25.1 Å². The van der Waals surface area contributed by atoms with E-state index in [2.05, 4.69) is 5.32 Å². The molecule has 8 heteroatoms. The Morgan fingerprint density at radius 2 is 2.04 bits per heavy atom. The molecule has 0 radical (unpaired) electrons. The zero-order chi connectivity index (χ0) is 18.7. The summed E-state index contributed by atoms with van der Waals surface area (Å²) < 4.78 is 15.8. The second kappa shape index (κ2) is 7.30. The molecule has 1 atom stereocenters. The summed E-state index contributed by atoms with van der Waals surface area (Å²) in [5.41, 5.74) is 0.789. The van der Waals surface area contributed by atoms with Gasteiger partial charge in [0.2, 0.25) is 0 Å². The largest absolute Gasteiger partial charge is 0.477 e. The van der Waals surface area contributed by atoms with Crippen LogP contribution < -0.4 is 15.0 Å². The van der Waals surface area contributed by atoms with Crippen molar-refractivity contribution in [2.24, 2.45) is 0 Å². The maximum atomic E-state index is 12.6. The van der Waals surface area contributed by atoms with Crippen LogP contribution >= 0.6 is 0 Å². The number of furan rings is 1. The molecule has 26 heavy (non-hydrogen) atoms. The Hall–Kier alpha value is -3.29. The van der Waals surface area contributed by atoms with Crippen LogP contribution in [-0.2, 0) is 14.3 Å². The molecule has 1 N–H and O–H groups in total.